The minimum atomic E-state index is -4.41. The molecule has 0 aliphatic carbocycles. The Balaban J connectivity index is 1.32. The van der Waals surface area contributed by atoms with Crippen LogP contribution < -0.4 is 14.8 Å². The third-order valence-electron chi connectivity index (χ3n) is 6.19. The summed E-state index contributed by atoms with van der Waals surface area (Å²) in [5, 5.41) is 3.55. The van der Waals surface area contributed by atoms with Gasteiger partial charge >= 0.3 is 6.18 Å². The second-order valence-electron chi connectivity index (χ2n) is 8.84. The van der Waals surface area contributed by atoms with Gasteiger partial charge in [0.05, 0.1) is 43.5 Å². The fourth-order valence-electron chi connectivity index (χ4n) is 4.24. The van der Waals surface area contributed by atoms with Crippen molar-refractivity contribution < 1.29 is 32.2 Å². The number of amides is 1. The van der Waals surface area contributed by atoms with Crippen molar-refractivity contribution in [3.05, 3.63) is 78.1 Å². The van der Waals surface area contributed by atoms with Gasteiger partial charge in [-0.25, -0.2) is 9.97 Å². The van der Waals surface area contributed by atoms with Crippen molar-refractivity contribution in [2.45, 2.75) is 25.1 Å². The van der Waals surface area contributed by atoms with Crippen LogP contribution in [-0.4, -0.2) is 42.3 Å². The van der Waals surface area contributed by atoms with E-state index in [0.29, 0.717) is 47.2 Å². The molecule has 1 aromatic heterocycles. The third-order valence-corrected chi connectivity index (χ3v) is 6.19. The molecule has 1 aliphatic rings. The molecular weight excluding hydrogens is 499 g/mol. The zero-order valence-electron chi connectivity index (χ0n) is 20.4. The number of hydrogen-bond acceptors (Lipinski definition) is 6. The Morgan fingerprint density at radius 3 is 2.47 bits per heavy atom. The van der Waals surface area contributed by atoms with E-state index < -0.39 is 11.7 Å². The first kappa shape index (κ1) is 25.5. The number of nitrogens with zero attached hydrogens (tertiary/aromatic N) is 2. The summed E-state index contributed by atoms with van der Waals surface area (Å²) in [7, 11) is 1.58. The molecule has 3 aromatic carbocycles. The number of anilines is 1. The predicted molar refractivity (Wildman–Crippen MR) is 135 cm³/mol. The molecule has 1 amide bonds. The lowest BCUT2D eigenvalue weighted by atomic mass is 10.1. The minimum absolute atomic E-state index is 0.0485. The normalized spacial score (nSPS) is 15.4. The molecule has 38 heavy (non-hydrogen) atoms. The average molecular weight is 524 g/mol. The first-order valence-corrected chi connectivity index (χ1v) is 11.9. The van der Waals surface area contributed by atoms with Gasteiger partial charge in [-0.15, -0.1) is 0 Å². The maximum absolute atomic E-state index is 12.7. The number of fused-ring (bicyclic) bond motifs is 1. The number of carbonyl (C=O) groups excluding carboxylic acids is 1. The summed E-state index contributed by atoms with van der Waals surface area (Å²) in [6, 6.07) is 15.3. The zero-order valence-corrected chi connectivity index (χ0v) is 20.4. The summed E-state index contributed by atoms with van der Waals surface area (Å²) in [6.45, 7) is 1.17. The number of alkyl halides is 3. The Bertz CT molecular complexity index is 1440. The third kappa shape index (κ3) is 5.70. The Kier molecular flexibility index (Phi) is 7.15. The van der Waals surface area contributed by atoms with E-state index in [1.165, 1.54) is 18.5 Å². The number of ether oxygens (including phenoxy) is 3. The number of methoxy groups -OCH3 is 1. The van der Waals surface area contributed by atoms with E-state index in [9.17, 15) is 18.0 Å². The number of carbonyl (C=O) groups is 1. The van der Waals surface area contributed by atoms with E-state index in [1.54, 1.807) is 19.2 Å². The van der Waals surface area contributed by atoms with Crippen LogP contribution in [0.25, 0.3) is 22.2 Å². The Morgan fingerprint density at radius 1 is 1.05 bits per heavy atom. The molecule has 0 spiro atoms. The van der Waals surface area contributed by atoms with Crippen LogP contribution in [0.3, 0.4) is 0 Å². The van der Waals surface area contributed by atoms with Crippen LogP contribution in [0.2, 0.25) is 0 Å². The van der Waals surface area contributed by atoms with Crippen LogP contribution in [0.4, 0.5) is 18.9 Å². The van der Waals surface area contributed by atoms with Crippen LogP contribution >= 0.6 is 0 Å². The molecular formula is C28H24F3N3O4. The van der Waals surface area contributed by atoms with Gasteiger partial charge in [-0.1, -0.05) is 24.3 Å². The summed E-state index contributed by atoms with van der Waals surface area (Å²) in [5.74, 6) is 0.814. The summed E-state index contributed by atoms with van der Waals surface area (Å²) < 4.78 is 55.3. The highest BCUT2D eigenvalue weighted by Crippen LogP contribution is 2.37. The standard InChI is InChI=1S/C28H24F3N3O4/c1-36-24-14-23-22(13-25(24)38-21-10-11-37-15-21)27(33-16-32-23)18-4-8-20(9-5-18)34-26(35)12-17-2-6-19(7-3-17)28(29,30)31/h2-9,13-14,16,21H,10-12,15H2,1H3,(H,34,35). The van der Waals surface area contributed by atoms with Gasteiger partial charge in [-0.2, -0.15) is 13.2 Å². The monoisotopic (exact) mass is 523 g/mol. The van der Waals surface area contributed by atoms with Gasteiger partial charge in [0.2, 0.25) is 5.91 Å². The molecule has 0 bridgehead atoms. The highest BCUT2D eigenvalue weighted by Gasteiger charge is 2.30. The van der Waals surface area contributed by atoms with Gasteiger partial charge in [-0.3, -0.25) is 4.79 Å². The first-order valence-electron chi connectivity index (χ1n) is 11.9. The molecule has 2 heterocycles. The summed E-state index contributed by atoms with van der Waals surface area (Å²) in [6.07, 6.45) is -2.25. The van der Waals surface area contributed by atoms with E-state index in [2.05, 4.69) is 15.3 Å². The quantitative estimate of drug-likeness (QED) is 0.336. The zero-order chi connectivity index (χ0) is 26.7. The van der Waals surface area contributed by atoms with Crippen LogP contribution in [-0.2, 0) is 22.1 Å². The molecule has 5 rings (SSSR count). The lowest BCUT2D eigenvalue weighted by molar-refractivity contribution is -0.137. The second kappa shape index (κ2) is 10.7. The maximum atomic E-state index is 12.7. The fourth-order valence-corrected chi connectivity index (χ4v) is 4.24. The number of halogens is 3. The smallest absolute Gasteiger partial charge is 0.416 e. The van der Waals surface area contributed by atoms with Gasteiger partial charge in [0.15, 0.2) is 11.5 Å². The van der Waals surface area contributed by atoms with Crippen molar-refractivity contribution >= 4 is 22.5 Å². The Labute approximate surface area is 216 Å². The lowest BCUT2D eigenvalue weighted by Gasteiger charge is -2.16. The summed E-state index contributed by atoms with van der Waals surface area (Å²) >= 11 is 0. The van der Waals surface area contributed by atoms with Crippen molar-refractivity contribution in [1.82, 2.24) is 9.97 Å². The largest absolute Gasteiger partial charge is 0.493 e. The number of aromatic nitrogens is 2. The molecule has 10 heteroatoms. The van der Waals surface area contributed by atoms with E-state index in [-0.39, 0.29) is 18.4 Å². The van der Waals surface area contributed by atoms with Crippen molar-refractivity contribution in [2.24, 2.45) is 0 Å². The van der Waals surface area contributed by atoms with Gasteiger partial charge in [0.25, 0.3) is 0 Å². The van der Waals surface area contributed by atoms with Crippen molar-refractivity contribution in [3.8, 4) is 22.8 Å². The first-order chi connectivity index (χ1) is 18.3. The van der Waals surface area contributed by atoms with E-state index >= 15 is 0 Å². The van der Waals surface area contributed by atoms with Crippen LogP contribution in [0.1, 0.15) is 17.5 Å². The fraction of sp³-hybridized carbons (Fsp3) is 0.250. The average Bonchev–Trinajstić information content (AvgIpc) is 3.41. The van der Waals surface area contributed by atoms with Crippen LogP contribution in [0.15, 0.2) is 67.0 Å². The summed E-state index contributed by atoms with van der Waals surface area (Å²) in [4.78, 5) is 21.3. The minimum Gasteiger partial charge on any atom is -0.493 e. The van der Waals surface area contributed by atoms with Gasteiger partial charge in [0, 0.05) is 29.1 Å². The number of nitrogens with one attached hydrogen (secondary N) is 1. The van der Waals surface area contributed by atoms with Crippen LogP contribution in [0.5, 0.6) is 11.5 Å². The highest BCUT2D eigenvalue weighted by atomic mass is 19.4. The number of rotatable bonds is 7. The molecule has 0 saturated carbocycles. The summed E-state index contributed by atoms with van der Waals surface area (Å²) in [5.41, 5.74) is 2.47. The molecule has 1 saturated heterocycles. The number of benzene rings is 3. The van der Waals surface area contributed by atoms with E-state index in [0.717, 1.165) is 29.5 Å². The topological polar surface area (TPSA) is 82.6 Å². The van der Waals surface area contributed by atoms with Crippen molar-refractivity contribution in [2.75, 3.05) is 25.6 Å². The van der Waals surface area contributed by atoms with Gasteiger partial charge in [0.1, 0.15) is 12.4 Å². The molecule has 0 radical (unpaired) electrons. The SMILES string of the molecule is COc1cc2ncnc(-c3ccc(NC(=O)Cc4ccc(C(F)(F)F)cc4)cc3)c2cc1OC1CCOC1. The lowest BCUT2D eigenvalue weighted by Crippen LogP contribution is -2.16. The second-order valence-corrected chi connectivity index (χ2v) is 8.84. The van der Waals surface area contributed by atoms with Crippen molar-refractivity contribution in [1.29, 1.82) is 0 Å². The molecule has 1 atom stereocenters. The Morgan fingerprint density at radius 2 is 1.82 bits per heavy atom. The molecule has 1 aliphatic heterocycles. The molecule has 1 N–H and O–H groups in total. The maximum Gasteiger partial charge on any atom is 0.416 e. The molecule has 7 nitrogen and oxygen atoms in total. The molecule has 196 valence electrons. The highest BCUT2D eigenvalue weighted by molar-refractivity contribution is 5.95. The Hall–Kier alpha value is -4.18. The number of hydrogen-bond donors (Lipinski definition) is 1. The van der Waals surface area contributed by atoms with Crippen molar-refractivity contribution in [3.63, 3.8) is 0 Å². The van der Waals surface area contributed by atoms with E-state index in [4.69, 9.17) is 14.2 Å². The van der Waals surface area contributed by atoms with Gasteiger partial charge in [-0.05, 0) is 35.9 Å². The van der Waals surface area contributed by atoms with E-state index in [1.807, 2.05) is 24.3 Å². The molecule has 4 aromatic rings. The van der Waals surface area contributed by atoms with Crippen LogP contribution in [0, 0.1) is 0 Å². The molecule has 1 fully saturated rings. The van der Waals surface area contributed by atoms with Gasteiger partial charge < -0.3 is 19.5 Å². The predicted octanol–water partition coefficient (Wildman–Crippen LogP) is 5.67. The molecule has 1 unspecified atom stereocenters.